The Morgan fingerprint density at radius 1 is 1.29 bits per heavy atom. The van der Waals surface area contributed by atoms with Crippen molar-refractivity contribution in [3.63, 3.8) is 0 Å². The summed E-state index contributed by atoms with van der Waals surface area (Å²) < 4.78 is 9.09. The van der Waals surface area contributed by atoms with Gasteiger partial charge in [0.15, 0.2) is 5.92 Å². The highest BCUT2D eigenvalue weighted by Gasteiger charge is 2.28. The molecule has 0 atom stereocenters. The van der Waals surface area contributed by atoms with Gasteiger partial charge >= 0.3 is 11.9 Å². The van der Waals surface area contributed by atoms with Crippen molar-refractivity contribution in [2.24, 2.45) is 5.92 Å². The number of carbonyl (C=O) groups excluding carboxylic acids is 2. The fourth-order valence-corrected chi connectivity index (χ4v) is 1.42. The second-order valence-corrected chi connectivity index (χ2v) is 3.68. The molecule has 0 spiro atoms. The molecule has 0 saturated carbocycles. The number of hydrogen-bond donors (Lipinski definition) is 0. The van der Waals surface area contributed by atoms with E-state index in [0.29, 0.717) is 10.7 Å². The van der Waals surface area contributed by atoms with Crippen LogP contribution in [0.3, 0.4) is 0 Å². The number of methoxy groups -OCH3 is 2. The molecule has 0 aromatic carbocycles. The van der Waals surface area contributed by atoms with Gasteiger partial charge in [-0.25, -0.2) is 4.98 Å². The van der Waals surface area contributed by atoms with Crippen LogP contribution in [0.4, 0.5) is 0 Å². The van der Waals surface area contributed by atoms with E-state index in [4.69, 9.17) is 11.6 Å². The van der Waals surface area contributed by atoms with Crippen LogP contribution in [0.2, 0.25) is 5.15 Å². The number of pyridine rings is 1. The molecule has 5 nitrogen and oxygen atoms in total. The summed E-state index contributed by atoms with van der Waals surface area (Å²) in [5.41, 5.74) is 0.704. The standard InChI is InChI=1S/C11H12ClNO4/c1-16-10(14)8(11(15)17-2)5-7-3-4-9(12)13-6-7/h3-4,6,8H,5H2,1-2H3. The van der Waals surface area contributed by atoms with Gasteiger partial charge in [0.25, 0.3) is 0 Å². The van der Waals surface area contributed by atoms with Crippen LogP contribution in [0.1, 0.15) is 5.56 Å². The van der Waals surface area contributed by atoms with Gasteiger partial charge in [-0.05, 0) is 18.1 Å². The lowest BCUT2D eigenvalue weighted by Gasteiger charge is -2.11. The zero-order valence-electron chi connectivity index (χ0n) is 9.47. The molecule has 0 fully saturated rings. The van der Waals surface area contributed by atoms with E-state index in [1.54, 1.807) is 12.1 Å². The third-order valence-corrected chi connectivity index (χ3v) is 2.42. The van der Waals surface area contributed by atoms with Gasteiger partial charge in [0.1, 0.15) is 5.15 Å². The van der Waals surface area contributed by atoms with Crippen LogP contribution >= 0.6 is 11.6 Å². The SMILES string of the molecule is COC(=O)C(Cc1ccc(Cl)nc1)C(=O)OC. The minimum absolute atomic E-state index is 0.170. The molecule has 1 aromatic heterocycles. The van der Waals surface area contributed by atoms with Gasteiger partial charge in [0, 0.05) is 6.20 Å². The van der Waals surface area contributed by atoms with Gasteiger partial charge < -0.3 is 9.47 Å². The highest BCUT2D eigenvalue weighted by atomic mass is 35.5. The lowest BCUT2D eigenvalue weighted by Crippen LogP contribution is -2.28. The van der Waals surface area contributed by atoms with Crippen molar-refractivity contribution in [2.75, 3.05) is 14.2 Å². The Balaban J connectivity index is 2.82. The smallest absolute Gasteiger partial charge is 0.320 e. The highest BCUT2D eigenvalue weighted by Crippen LogP contribution is 2.13. The Labute approximate surface area is 104 Å². The van der Waals surface area contributed by atoms with Crippen molar-refractivity contribution in [1.29, 1.82) is 0 Å². The van der Waals surface area contributed by atoms with Crippen LogP contribution in [-0.4, -0.2) is 31.1 Å². The quantitative estimate of drug-likeness (QED) is 0.461. The van der Waals surface area contributed by atoms with E-state index >= 15 is 0 Å². The van der Waals surface area contributed by atoms with Crippen molar-refractivity contribution < 1.29 is 19.1 Å². The summed E-state index contributed by atoms with van der Waals surface area (Å²) in [5.74, 6) is -2.24. The number of esters is 2. The second kappa shape index (κ2) is 6.20. The molecule has 0 radical (unpaired) electrons. The van der Waals surface area contributed by atoms with Gasteiger partial charge in [-0.2, -0.15) is 0 Å². The van der Waals surface area contributed by atoms with Crippen LogP contribution in [0.5, 0.6) is 0 Å². The molecule has 92 valence electrons. The predicted octanol–water partition coefficient (Wildman–Crippen LogP) is 1.24. The molecule has 0 aliphatic heterocycles. The van der Waals surface area contributed by atoms with E-state index in [1.807, 2.05) is 0 Å². The maximum Gasteiger partial charge on any atom is 0.320 e. The number of nitrogens with zero attached hydrogens (tertiary/aromatic N) is 1. The Morgan fingerprint density at radius 3 is 2.29 bits per heavy atom. The van der Waals surface area contributed by atoms with Gasteiger partial charge in [0.2, 0.25) is 0 Å². The van der Waals surface area contributed by atoms with Crippen molar-refractivity contribution in [3.05, 3.63) is 29.0 Å². The molecular formula is C11H12ClNO4. The number of rotatable bonds is 4. The van der Waals surface area contributed by atoms with E-state index in [9.17, 15) is 9.59 Å². The van der Waals surface area contributed by atoms with Crippen LogP contribution in [0, 0.1) is 5.92 Å². The average molecular weight is 258 g/mol. The van der Waals surface area contributed by atoms with Crippen molar-refractivity contribution in [2.45, 2.75) is 6.42 Å². The predicted molar refractivity (Wildman–Crippen MR) is 60.5 cm³/mol. The molecule has 1 aromatic rings. The Morgan fingerprint density at radius 2 is 1.88 bits per heavy atom. The molecule has 1 heterocycles. The maximum atomic E-state index is 11.4. The van der Waals surface area contributed by atoms with Gasteiger partial charge in [-0.3, -0.25) is 9.59 Å². The van der Waals surface area contributed by atoms with Crippen LogP contribution in [-0.2, 0) is 25.5 Å². The Bertz CT molecular complexity index is 388. The fourth-order valence-electron chi connectivity index (χ4n) is 1.31. The first-order valence-electron chi connectivity index (χ1n) is 4.84. The third-order valence-electron chi connectivity index (χ3n) is 2.20. The largest absolute Gasteiger partial charge is 0.468 e. The number of ether oxygens (including phenoxy) is 2. The second-order valence-electron chi connectivity index (χ2n) is 3.29. The average Bonchev–Trinajstić information content (AvgIpc) is 2.36. The lowest BCUT2D eigenvalue weighted by atomic mass is 10.0. The van der Waals surface area contributed by atoms with E-state index in [-0.39, 0.29) is 6.42 Å². The number of halogens is 1. The molecule has 0 bridgehead atoms. The van der Waals surface area contributed by atoms with Gasteiger partial charge in [-0.15, -0.1) is 0 Å². The molecule has 0 N–H and O–H groups in total. The summed E-state index contributed by atoms with van der Waals surface area (Å²) in [6, 6.07) is 3.27. The van der Waals surface area contributed by atoms with E-state index < -0.39 is 17.9 Å². The van der Waals surface area contributed by atoms with Crippen molar-refractivity contribution >= 4 is 23.5 Å². The summed E-state index contributed by atoms with van der Waals surface area (Å²) in [6.07, 6.45) is 1.67. The monoisotopic (exact) mass is 257 g/mol. The number of aromatic nitrogens is 1. The Hall–Kier alpha value is -1.62. The first-order valence-corrected chi connectivity index (χ1v) is 5.22. The zero-order valence-corrected chi connectivity index (χ0v) is 10.2. The summed E-state index contributed by atoms with van der Waals surface area (Å²) in [7, 11) is 2.44. The molecule has 17 heavy (non-hydrogen) atoms. The topological polar surface area (TPSA) is 65.5 Å². The molecule has 6 heteroatoms. The minimum Gasteiger partial charge on any atom is -0.468 e. The van der Waals surface area contributed by atoms with E-state index in [0.717, 1.165) is 0 Å². The van der Waals surface area contributed by atoms with Gasteiger partial charge in [-0.1, -0.05) is 17.7 Å². The van der Waals surface area contributed by atoms with E-state index in [2.05, 4.69) is 14.5 Å². The molecule has 0 amide bonds. The van der Waals surface area contributed by atoms with Crippen LogP contribution in [0.15, 0.2) is 18.3 Å². The molecule has 1 rings (SSSR count). The van der Waals surface area contributed by atoms with E-state index in [1.165, 1.54) is 20.4 Å². The fraction of sp³-hybridized carbons (Fsp3) is 0.364. The summed E-state index contributed by atoms with van der Waals surface area (Å²) in [5, 5.41) is 0.349. The van der Waals surface area contributed by atoms with Crippen LogP contribution in [0.25, 0.3) is 0 Å². The minimum atomic E-state index is -0.979. The molecule has 0 aliphatic rings. The molecule has 0 unspecified atom stereocenters. The molecule has 0 saturated heterocycles. The summed E-state index contributed by atoms with van der Waals surface area (Å²) >= 11 is 5.63. The highest BCUT2D eigenvalue weighted by molar-refractivity contribution is 6.29. The third kappa shape index (κ3) is 3.71. The lowest BCUT2D eigenvalue weighted by molar-refractivity contribution is -0.158. The maximum absolute atomic E-state index is 11.4. The summed E-state index contributed by atoms with van der Waals surface area (Å²) in [4.78, 5) is 26.7. The zero-order chi connectivity index (χ0) is 12.8. The first kappa shape index (κ1) is 13.4. The van der Waals surface area contributed by atoms with Crippen LogP contribution < -0.4 is 0 Å². The number of hydrogen-bond acceptors (Lipinski definition) is 5. The summed E-state index contributed by atoms with van der Waals surface area (Å²) in [6.45, 7) is 0. The Kier molecular flexibility index (Phi) is 4.90. The number of carbonyl (C=O) groups is 2. The van der Waals surface area contributed by atoms with Gasteiger partial charge in [0.05, 0.1) is 14.2 Å². The normalized spacial score (nSPS) is 10.1. The molecule has 0 aliphatic carbocycles. The van der Waals surface area contributed by atoms with Crippen molar-refractivity contribution in [3.8, 4) is 0 Å². The van der Waals surface area contributed by atoms with Crippen molar-refractivity contribution in [1.82, 2.24) is 4.98 Å². The molecular weight excluding hydrogens is 246 g/mol. The first-order chi connectivity index (χ1) is 8.08.